The quantitative estimate of drug-likeness (QED) is 0.525. The summed E-state index contributed by atoms with van der Waals surface area (Å²) in [6, 6.07) is 12.9. The number of hydrogen-bond donors (Lipinski definition) is 2. The van der Waals surface area contributed by atoms with E-state index in [2.05, 4.69) is 27.3 Å². The smallest absolute Gasteiger partial charge is 0.246 e. The number of amides is 1. The predicted molar refractivity (Wildman–Crippen MR) is 109 cm³/mol. The van der Waals surface area contributed by atoms with Crippen LogP contribution < -0.4 is 10.0 Å². The minimum Gasteiger partial charge on any atom is -0.360 e. The van der Waals surface area contributed by atoms with Gasteiger partial charge in [-0.1, -0.05) is 35.5 Å². The summed E-state index contributed by atoms with van der Waals surface area (Å²) < 4.78 is 32.5. The van der Waals surface area contributed by atoms with E-state index in [1.54, 1.807) is 0 Å². The highest BCUT2D eigenvalue weighted by Crippen LogP contribution is 2.37. The molecule has 1 heterocycles. The maximum atomic E-state index is 12.6. The molecule has 150 valence electrons. The Morgan fingerprint density at radius 2 is 1.83 bits per heavy atom. The Morgan fingerprint density at radius 1 is 1.10 bits per heavy atom. The van der Waals surface area contributed by atoms with Gasteiger partial charge >= 0.3 is 0 Å². The van der Waals surface area contributed by atoms with E-state index in [1.165, 1.54) is 31.9 Å². The zero-order chi connectivity index (χ0) is 20.8. The average Bonchev–Trinajstić information content (AvgIpc) is 3.21. The number of anilines is 1. The number of nitrogens with one attached hydrogen (secondary N) is 2. The Morgan fingerprint density at radius 3 is 2.55 bits per heavy atom. The molecule has 0 aliphatic heterocycles. The molecule has 2 aromatic carbocycles. The SMILES string of the molecule is Cc1noc(C)c1S(=O)(=O)N[C@@H](C)C(=O)Nc1ccc2c(c1)-c1ccccc1C2. The number of nitrogens with zero attached hydrogens (tertiary/aromatic N) is 1. The highest BCUT2D eigenvalue weighted by atomic mass is 32.2. The van der Waals surface area contributed by atoms with E-state index in [-0.39, 0.29) is 16.3 Å². The first-order chi connectivity index (χ1) is 13.8. The first-order valence-electron chi connectivity index (χ1n) is 9.23. The van der Waals surface area contributed by atoms with Gasteiger partial charge in [-0.2, -0.15) is 4.72 Å². The molecule has 4 rings (SSSR count). The fraction of sp³-hybridized carbons (Fsp3) is 0.238. The lowest BCUT2D eigenvalue weighted by molar-refractivity contribution is -0.117. The van der Waals surface area contributed by atoms with E-state index in [0.29, 0.717) is 5.69 Å². The number of aryl methyl sites for hydroxylation is 2. The third-order valence-electron chi connectivity index (χ3n) is 5.03. The zero-order valence-corrected chi connectivity index (χ0v) is 17.1. The molecule has 29 heavy (non-hydrogen) atoms. The second-order valence-electron chi connectivity index (χ2n) is 7.19. The van der Waals surface area contributed by atoms with Crippen LogP contribution in [0.1, 0.15) is 29.5 Å². The van der Waals surface area contributed by atoms with Crippen molar-refractivity contribution in [3.8, 4) is 11.1 Å². The van der Waals surface area contributed by atoms with Gasteiger partial charge in [0.2, 0.25) is 15.9 Å². The fourth-order valence-electron chi connectivity index (χ4n) is 3.66. The van der Waals surface area contributed by atoms with Crippen molar-refractivity contribution in [1.29, 1.82) is 0 Å². The van der Waals surface area contributed by atoms with Gasteiger partial charge in [-0.25, -0.2) is 8.42 Å². The van der Waals surface area contributed by atoms with E-state index in [0.717, 1.165) is 17.5 Å². The van der Waals surface area contributed by atoms with E-state index in [1.807, 2.05) is 30.3 Å². The van der Waals surface area contributed by atoms with Crippen molar-refractivity contribution in [2.45, 2.75) is 38.1 Å². The van der Waals surface area contributed by atoms with Gasteiger partial charge in [-0.15, -0.1) is 0 Å². The van der Waals surface area contributed by atoms with Crippen LogP contribution in [0.2, 0.25) is 0 Å². The minimum atomic E-state index is -3.93. The number of benzene rings is 2. The summed E-state index contributed by atoms with van der Waals surface area (Å²) in [4.78, 5) is 12.6. The normalized spacial score (nSPS) is 13.6. The summed E-state index contributed by atoms with van der Waals surface area (Å²) in [6.07, 6.45) is 0.868. The van der Waals surface area contributed by atoms with Gasteiger partial charge in [0, 0.05) is 5.69 Å². The maximum absolute atomic E-state index is 12.6. The Labute approximate surface area is 169 Å². The molecule has 1 aliphatic carbocycles. The summed E-state index contributed by atoms with van der Waals surface area (Å²) in [6.45, 7) is 4.55. The molecule has 0 saturated heterocycles. The lowest BCUT2D eigenvalue weighted by Crippen LogP contribution is -2.41. The molecule has 1 aliphatic rings. The van der Waals surface area contributed by atoms with Crippen molar-refractivity contribution in [1.82, 2.24) is 9.88 Å². The van der Waals surface area contributed by atoms with Crippen molar-refractivity contribution in [2.75, 3.05) is 5.32 Å². The number of sulfonamides is 1. The van der Waals surface area contributed by atoms with Crippen LogP contribution in [0.3, 0.4) is 0 Å². The van der Waals surface area contributed by atoms with Crippen molar-refractivity contribution in [3.63, 3.8) is 0 Å². The highest BCUT2D eigenvalue weighted by Gasteiger charge is 2.28. The number of rotatable bonds is 5. The number of carbonyl (C=O) groups excluding carboxylic acids is 1. The molecule has 8 heteroatoms. The molecular formula is C21H21N3O4S. The number of fused-ring (bicyclic) bond motifs is 3. The Kier molecular flexibility index (Phi) is 4.76. The molecule has 1 amide bonds. The average molecular weight is 411 g/mol. The van der Waals surface area contributed by atoms with Crippen molar-refractivity contribution >= 4 is 21.6 Å². The van der Waals surface area contributed by atoms with Crippen molar-refractivity contribution in [2.24, 2.45) is 0 Å². The first-order valence-corrected chi connectivity index (χ1v) is 10.7. The largest absolute Gasteiger partial charge is 0.360 e. The first kappa shape index (κ1) is 19.4. The van der Waals surface area contributed by atoms with Crippen molar-refractivity contribution < 1.29 is 17.7 Å². The molecule has 0 radical (unpaired) electrons. The Hall–Kier alpha value is -2.97. The fourth-order valence-corrected chi connectivity index (χ4v) is 5.19. The lowest BCUT2D eigenvalue weighted by Gasteiger charge is -2.15. The summed E-state index contributed by atoms with van der Waals surface area (Å²) in [5.74, 6) is -0.272. The standard InChI is InChI=1S/C21H21N3O4S/c1-12-20(14(3)28-23-12)29(26,27)24-13(2)21(25)22-17-9-8-16-10-15-6-4-5-7-18(15)19(16)11-17/h4-9,11,13,24H,10H2,1-3H3,(H,22,25)/t13-/m0/s1. The van der Waals surface area contributed by atoms with Crippen LogP contribution >= 0.6 is 0 Å². The second kappa shape index (κ2) is 7.13. The third kappa shape index (κ3) is 3.56. The minimum absolute atomic E-state index is 0.0358. The summed E-state index contributed by atoms with van der Waals surface area (Å²) in [7, 11) is -3.93. The predicted octanol–water partition coefficient (Wildman–Crippen LogP) is 3.17. The van der Waals surface area contributed by atoms with Gasteiger partial charge in [-0.05, 0) is 61.6 Å². The third-order valence-corrected chi connectivity index (χ3v) is 6.81. The van der Waals surface area contributed by atoms with Crippen LogP contribution in [0.5, 0.6) is 0 Å². The molecule has 0 saturated carbocycles. The molecular weight excluding hydrogens is 390 g/mol. The van der Waals surface area contributed by atoms with E-state index in [4.69, 9.17) is 4.52 Å². The monoisotopic (exact) mass is 411 g/mol. The van der Waals surface area contributed by atoms with Gasteiger partial charge in [0.15, 0.2) is 5.76 Å². The molecule has 1 atom stereocenters. The molecule has 1 aromatic heterocycles. The molecule has 2 N–H and O–H groups in total. The van der Waals surface area contributed by atoms with Gasteiger partial charge in [0.25, 0.3) is 0 Å². The summed E-state index contributed by atoms with van der Waals surface area (Å²) >= 11 is 0. The van der Waals surface area contributed by atoms with E-state index >= 15 is 0 Å². The molecule has 7 nitrogen and oxygen atoms in total. The molecule has 3 aromatic rings. The highest BCUT2D eigenvalue weighted by molar-refractivity contribution is 7.89. The van der Waals surface area contributed by atoms with Crippen LogP contribution in [-0.4, -0.2) is 25.5 Å². The van der Waals surface area contributed by atoms with Gasteiger partial charge in [0.05, 0.1) is 6.04 Å². The molecule has 0 fully saturated rings. The van der Waals surface area contributed by atoms with Crippen LogP contribution in [0.4, 0.5) is 5.69 Å². The van der Waals surface area contributed by atoms with Gasteiger partial charge in [0.1, 0.15) is 10.6 Å². The maximum Gasteiger partial charge on any atom is 0.246 e. The second-order valence-corrected chi connectivity index (χ2v) is 8.84. The van der Waals surface area contributed by atoms with Crippen LogP contribution in [0.15, 0.2) is 51.9 Å². The molecule has 0 spiro atoms. The number of aromatic nitrogens is 1. The van der Waals surface area contributed by atoms with Crippen LogP contribution in [0.25, 0.3) is 11.1 Å². The van der Waals surface area contributed by atoms with Crippen LogP contribution in [-0.2, 0) is 21.2 Å². The zero-order valence-electron chi connectivity index (χ0n) is 16.3. The van der Waals surface area contributed by atoms with E-state index < -0.39 is 22.0 Å². The number of hydrogen-bond acceptors (Lipinski definition) is 5. The Bertz CT molecular complexity index is 1190. The molecule has 0 unspecified atom stereocenters. The van der Waals surface area contributed by atoms with E-state index in [9.17, 15) is 13.2 Å². The van der Waals surface area contributed by atoms with Gasteiger partial charge in [-0.3, -0.25) is 4.79 Å². The van der Waals surface area contributed by atoms with Crippen LogP contribution in [0, 0.1) is 13.8 Å². The number of carbonyl (C=O) groups is 1. The summed E-state index contributed by atoms with van der Waals surface area (Å²) in [5.41, 5.74) is 5.57. The lowest BCUT2D eigenvalue weighted by atomic mass is 10.1. The van der Waals surface area contributed by atoms with Gasteiger partial charge < -0.3 is 9.84 Å². The molecule has 0 bridgehead atoms. The topological polar surface area (TPSA) is 101 Å². The van der Waals surface area contributed by atoms with Crippen molar-refractivity contribution in [3.05, 3.63) is 65.0 Å². The summed E-state index contributed by atoms with van der Waals surface area (Å²) in [5, 5.41) is 6.45. The Balaban J connectivity index is 1.51.